The zero-order valence-electron chi connectivity index (χ0n) is 16.6. The van der Waals surface area contributed by atoms with Crippen molar-refractivity contribution < 1.29 is 14.0 Å². The van der Waals surface area contributed by atoms with E-state index in [1.807, 2.05) is 35.0 Å². The van der Waals surface area contributed by atoms with Crippen LogP contribution >= 0.6 is 11.8 Å². The number of amides is 2. The normalized spacial score (nSPS) is 16.7. The number of oxazole rings is 1. The first-order chi connectivity index (χ1) is 14.7. The van der Waals surface area contributed by atoms with Crippen molar-refractivity contribution in [2.75, 3.05) is 31.9 Å². The monoisotopic (exact) mass is 425 g/mol. The van der Waals surface area contributed by atoms with E-state index in [1.165, 1.54) is 11.8 Å². The Morgan fingerprint density at radius 1 is 1.03 bits per heavy atom. The van der Waals surface area contributed by atoms with E-state index in [-0.39, 0.29) is 17.6 Å². The van der Waals surface area contributed by atoms with Crippen LogP contribution in [0.2, 0.25) is 0 Å². The number of carbonyl (C=O) groups excluding carboxylic acids is 2. The molecule has 3 aromatic rings. The maximum Gasteiger partial charge on any atom is 0.274 e. The first-order valence-corrected chi connectivity index (χ1v) is 11.3. The first-order valence-electron chi connectivity index (χ1n) is 10.3. The molecule has 2 aliphatic rings. The van der Waals surface area contributed by atoms with Crippen LogP contribution < -0.4 is 0 Å². The summed E-state index contributed by atoms with van der Waals surface area (Å²) in [6.45, 7) is 3.02. The van der Waals surface area contributed by atoms with E-state index in [9.17, 15) is 9.59 Å². The van der Waals surface area contributed by atoms with Crippen molar-refractivity contribution in [1.29, 1.82) is 0 Å². The minimum absolute atomic E-state index is 0.0341. The summed E-state index contributed by atoms with van der Waals surface area (Å²) in [7, 11) is 0. The van der Waals surface area contributed by atoms with E-state index in [0.29, 0.717) is 37.1 Å². The maximum absolute atomic E-state index is 12.8. The molecule has 2 aromatic heterocycles. The van der Waals surface area contributed by atoms with Crippen molar-refractivity contribution in [3.05, 3.63) is 41.7 Å². The fraction of sp³-hybridized carbons (Fsp3) is 0.429. The molecule has 1 saturated heterocycles. The highest BCUT2D eigenvalue weighted by Crippen LogP contribution is 2.23. The lowest BCUT2D eigenvalue weighted by Crippen LogP contribution is -2.51. The summed E-state index contributed by atoms with van der Waals surface area (Å²) < 4.78 is 7.62. The summed E-state index contributed by atoms with van der Waals surface area (Å²) in [5, 5.41) is 4.99. The molecule has 156 valence electrons. The van der Waals surface area contributed by atoms with E-state index in [0.717, 1.165) is 42.6 Å². The van der Waals surface area contributed by atoms with Gasteiger partial charge in [0, 0.05) is 38.4 Å². The van der Waals surface area contributed by atoms with Crippen molar-refractivity contribution in [2.24, 2.45) is 0 Å². The number of aryl methyl sites for hydroxylation is 2. The first kappa shape index (κ1) is 19.2. The highest BCUT2D eigenvalue weighted by atomic mass is 32.2. The molecule has 9 heteroatoms. The van der Waals surface area contributed by atoms with Gasteiger partial charge in [0.15, 0.2) is 11.3 Å². The van der Waals surface area contributed by atoms with E-state index in [1.54, 1.807) is 9.80 Å². The third-order valence-electron chi connectivity index (χ3n) is 5.65. The van der Waals surface area contributed by atoms with Gasteiger partial charge in [0.25, 0.3) is 11.1 Å². The van der Waals surface area contributed by atoms with Crippen molar-refractivity contribution in [3.8, 4) is 0 Å². The Labute approximate surface area is 178 Å². The van der Waals surface area contributed by atoms with Crippen LogP contribution in [0.1, 0.15) is 29.0 Å². The van der Waals surface area contributed by atoms with Crippen LogP contribution in [0, 0.1) is 0 Å². The number of piperazine rings is 1. The van der Waals surface area contributed by atoms with Gasteiger partial charge in [-0.15, -0.1) is 0 Å². The SMILES string of the molecule is O=C(CSc1nc2ccccc2o1)N1CCN(C(=O)c2cc3n(n2)CCCC3)CC1. The number of benzene rings is 1. The average molecular weight is 426 g/mol. The number of hydrogen-bond donors (Lipinski definition) is 0. The van der Waals surface area contributed by atoms with Crippen LogP contribution in [0.3, 0.4) is 0 Å². The molecule has 1 fully saturated rings. The Hall–Kier alpha value is -2.81. The van der Waals surface area contributed by atoms with Crippen LogP contribution in [0.15, 0.2) is 40.0 Å². The van der Waals surface area contributed by atoms with E-state index in [2.05, 4.69) is 10.1 Å². The number of rotatable bonds is 4. The number of nitrogens with zero attached hydrogens (tertiary/aromatic N) is 5. The lowest BCUT2D eigenvalue weighted by atomic mass is 10.1. The second-order valence-electron chi connectivity index (χ2n) is 7.61. The van der Waals surface area contributed by atoms with Crippen LogP contribution in [0.5, 0.6) is 0 Å². The molecule has 8 nitrogen and oxygen atoms in total. The Bertz CT molecular complexity index is 1030. The van der Waals surface area contributed by atoms with Crippen LogP contribution in [0.4, 0.5) is 0 Å². The third kappa shape index (κ3) is 3.81. The summed E-state index contributed by atoms with van der Waals surface area (Å²) in [5.74, 6) is 0.269. The van der Waals surface area contributed by atoms with Crippen LogP contribution in [-0.2, 0) is 17.8 Å². The van der Waals surface area contributed by atoms with Crippen molar-refractivity contribution in [1.82, 2.24) is 24.6 Å². The molecule has 0 saturated carbocycles. The van der Waals surface area contributed by atoms with Gasteiger partial charge in [-0.1, -0.05) is 23.9 Å². The van der Waals surface area contributed by atoms with Gasteiger partial charge in [-0.05, 0) is 37.5 Å². The van der Waals surface area contributed by atoms with Gasteiger partial charge in [0.1, 0.15) is 5.52 Å². The van der Waals surface area contributed by atoms with Gasteiger partial charge in [0.05, 0.1) is 5.75 Å². The maximum atomic E-state index is 12.8. The van der Waals surface area contributed by atoms with Crippen molar-refractivity contribution in [3.63, 3.8) is 0 Å². The van der Waals surface area contributed by atoms with Gasteiger partial charge < -0.3 is 14.2 Å². The highest BCUT2D eigenvalue weighted by molar-refractivity contribution is 7.99. The fourth-order valence-corrected chi connectivity index (χ4v) is 4.71. The Balaban J connectivity index is 1.14. The molecule has 2 aliphatic heterocycles. The molecular formula is C21H23N5O3S. The Morgan fingerprint density at radius 2 is 1.83 bits per heavy atom. The molecule has 0 spiro atoms. The lowest BCUT2D eigenvalue weighted by molar-refractivity contribution is -0.129. The summed E-state index contributed by atoms with van der Waals surface area (Å²) in [5.41, 5.74) is 3.19. The Kier molecular flexibility index (Phi) is 5.20. The summed E-state index contributed by atoms with van der Waals surface area (Å²) in [6.07, 6.45) is 3.26. The van der Waals surface area contributed by atoms with Gasteiger partial charge in [-0.2, -0.15) is 5.10 Å². The van der Waals surface area contributed by atoms with Crippen LogP contribution in [-0.4, -0.2) is 68.3 Å². The number of fused-ring (bicyclic) bond motifs is 2. The predicted molar refractivity (Wildman–Crippen MR) is 112 cm³/mol. The van der Waals surface area contributed by atoms with E-state index < -0.39 is 0 Å². The molecule has 0 radical (unpaired) electrons. The summed E-state index contributed by atoms with van der Waals surface area (Å²) in [4.78, 5) is 33.4. The molecule has 30 heavy (non-hydrogen) atoms. The van der Waals surface area contributed by atoms with E-state index >= 15 is 0 Å². The molecule has 0 unspecified atom stereocenters. The number of hydrogen-bond acceptors (Lipinski definition) is 6. The minimum Gasteiger partial charge on any atom is -0.431 e. The highest BCUT2D eigenvalue weighted by Gasteiger charge is 2.27. The van der Waals surface area contributed by atoms with Crippen LogP contribution in [0.25, 0.3) is 11.1 Å². The van der Waals surface area contributed by atoms with Gasteiger partial charge in [0.2, 0.25) is 5.91 Å². The molecule has 1 aromatic carbocycles. The van der Waals surface area contributed by atoms with Crippen molar-refractivity contribution in [2.45, 2.75) is 31.0 Å². The summed E-state index contributed by atoms with van der Waals surface area (Å²) >= 11 is 1.30. The molecule has 0 aliphatic carbocycles. The average Bonchev–Trinajstić information content (AvgIpc) is 3.40. The lowest BCUT2D eigenvalue weighted by Gasteiger charge is -2.34. The zero-order chi connectivity index (χ0) is 20.5. The van der Waals surface area contributed by atoms with Gasteiger partial charge in [-0.25, -0.2) is 4.98 Å². The topological polar surface area (TPSA) is 84.5 Å². The molecule has 5 rings (SSSR count). The van der Waals surface area contributed by atoms with Gasteiger partial charge >= 0.3 is 0 Å². The number of aromatic nitrogens is 3. The largest absolute Gasteiger partial charge is 0.431 e. The second kappa shape index (κ2) is 8.14. The molecule has 0 atom stereocenters. The molecule has 4 heterocycles. The Morgan fingerprint density at radius 3 is 2.63 bits per heavy atom. The number of para-hydroxylation sites is 2. The third-order valence-corrected chi connectivity index (χ3v) is 6.46. The summed E-state index contributed by atoms with van der Waals surface area (Å²) in [6, 6.07) is 9.48. The van der Waals surface area contributed by atoms with E-state index in [4.69, 9.17) is 4.42 Å². The molecular weight excluding hydrogens is 402 g/mol. The zero-order valence-corrected chi connectivity index (χ0v) is 17.4. The minimum atomic E-state index is -0.0372. The molecule has 0 bridgehead atoms. The van der Waals surface area contributed by atoms with Crippen molar-refractivity contribution >= 4 is 34.7 Å². The molecule has 0 N–H and O–H groups in total. The number of thioether (sulfide) groups is 1. The predicted octanol–water partition coefficient (Wildman–Crippen LogP) is 2.44. The smallest absolute Gasteiger partial charge is 0.274 e. The quantitative estimate of drug-likeness (QED) is 0.597. The standard InChI is InChI=1S/C21H23N5O3S/c27-19(14-30-21-22-16-6-1-2-7-18(16)29-21)24-9-11-25(12-10-24)20(28)17-13-15-5-3-4-8-26(15)23-17/h1-2,6-7,13H,3-5,8-12,14H2. The molecule has 2 amide bonds. The second-order valence-corrected chi connectivity index (χ2v) is 8.54. The van der Waals surface area contributed by atoms with Gasteiger partial charge in [-0.3, -0.25) is 14.3 Å². The fourth-order valence-electron chi connectivity index (χ4n) is 3.97. The number of carbonyl (C=O) groups is 2.